The molecule has 0 amide bonds. The molecule has 7 heteroatoms. The SMILES string of the molecule is COc1cn2nc(CC(F)C(C)(C)O[Si](C)(C)C(C)(C)C)cc2cc1N. The first-order chi connectivity index (χ1) is 11.8. The average Bonchev–Trinajstić information content (AvgIpc) is 2.84. The maximum absolute atomic E-state index is 15.1. The van der Waals surface area contributed by atoms with Crippen LogP contribution in [0.5, 0.6) is 5.75 Å². The summed E-state index contributed by atoms with van der Waals surface area (Å²) in [5.41, 5.74) is 7.06. The van der Waals surface area contributed by atoms with Crippen molar-refractivity contribution >= 4 is 19.5 Å². The molecule has 0 bridgehead atoms. The molecule has 0 radical (unpaired) electrons. The molecule has 0 aliphatic carbocycles. The molecule has 2 heterocycles. The van der Waals surface area contributed by atoms with E-state index in [9.17, 15) is 0 Å². The Bertz CT molecular complexity index is 781. The number of nitrogens with two attached hydrogens (primary N) is 1. The average molecular weight is 382 g/mol. The molecule has 0 saturated heterocycles. The summed E-state index contributed by atoms with van der Waals surface area (Å²) in [5.74, 6) is 0.547. The second kappa shape index (κ2) is 6.85. The lowest BCUT2D eigenvalue weighted by molar-refractivity contribution is 0.00825. The zero-order chi connectivity index (χ0) is 19.9. The smallest absolute Gasteiger partial charge is 0.192 e. The van der Waals surface area contributed by atoms with Crippen molar-refractivity contribution in [2.75, 3.05) is 12.8 Å². The van der Waals surface area contributed by atoms with Crippen LogP contribution < -0.4 is 10.5 Å². The van der Waals surface area contributed by atoms with Gasteiger partial charge in [0.05, 0.1) is 35.8 Å². The maximum atomic E-state index is 15.1. The predicted molar refractivity (Wildman–Crippen MR) is 107 cm³/mol. The fourth-order valence-electron chi connectivity index (χ4n) is 2.66. The molecule has 2 rings (SSSR count). The van der Waals surface area contributed by atoms with Gasteiger partial charge in [-0.05, 0) is 44.1 Å². The highest BCUT2D eigenvalue weighted by Gasteiger charge is 2.44. The van der Waals surface area contributed by atoms with E-state index in [0.717, 1.165) is 5.52 Å². The number of alkyl halides is 1. The second-order valence-corrected chi connectivity index (χ2v) is 13.7. The van der Waals surface area contributed by atoms with Gasteiger partial charge in [0.25, 0.3) is 0 Å². The van der Waals surface area contributed by atoms with Crippen molar-refractivity contribution in [3.8, 4) is 5.75 Å². The van der Waals surface area contributed by atoms with Crippen LogP contribution in [-0.4, -0.2) is 36.8 Å². The van der Waals surface area contributed by atoms with E-state index in [2.05, 4.69) is 39.0 Å². The summed E-state index contributed by atoms with van der Waals surface area (Å²) in [6, 6.07) is 3.63. The van der Waals surface area contributed by atoms with Crippen LogP contribution in [0.3, 0.4) is 0 Å². The first kappa shape index (κ1) is 20.7. The lowest BCUT2D eigenvalue weighted by atomic mass is 9.99. The summed E-state index contributed by atoms with van der Waals surface area (Å²) in [6.45, 7) is 14.4. The topological polar surface area (TPSA) is 61.8 Å². The number of methoxy groups -OCH3 is 1. The van der Waals surface area contributed by atoms with Gasteiger partial charge in [0.1, 0.15) is 6.17 Å². The maximum Gasteiger partial charge on any atom is 0.192 e. The van der Waals surface area contributed by atoms with Gasteiger partial charge in [-0.15, -0.1) is 0 Å². The number of anilines is 1. The largest absolute Gasteiger partial charge is 0.493 e. The molecule has 0 aliphatic rings. The molecule has 26 heavy (non-hydrogen) atoms. The van der Waals surface area contributed by atoms with Crippen LogP contribution in [0.25, 0.3) is 5.52 Å². The lowest BCUT2D eigenvalue weighted by Gasteiger charge is -2.43. The predicted octanol–water partition coefficient (Wildman–Crippen LogP) is 4.61. The number of hydrogen-bond donors (Lipinski definition) is 1. The summed E-state index contributed by atoms with van der Waals surface area (Å²) in [5, 5.41) is 4.49. The minimum Gasteiger partial charge on any atom is -0.493 e. The normalized spacial score (nSPS) is 14.7. The van der Waals surface area contributed by atoms with E-state index in [1.165, 1.54) is 0 Å². The van der Waals surface area contributed by atoms with E-state index in [1.807, 2.05) is 19.9 Å². The Morgan fingerprint density at radius 3 is 2.38 bits per heavy atom. The molecule has 0 aliphatic heterocycles. The van der Waals surface area contributed by atoms with E-state index in [1.54, 1.807) is 23.9 Å². The molecule has 0 fully saturated rings. The first-order valence-electron chi connectivity index (χ1n) is 8.93. The van der Waals surface area contributed by atoms with Gasteiger partial charge >= 0.3 is 0 Å². The number of aromatic nitrogens is 2. The quantitative estimate of drug-likeness (QED) is 0.743. The first-order valence-corrected chi connectivity index (χ1v) is 11.8. The van der Waals surface area contributed by atoms with E-state index < -0.39 is 20.1 Å². The van der Waals surface area contributed by atoms with Crippen LogP contribution in [0, 0.1) is 0 Å². The number of nitrogen functional groups attached to an aromatic ring is 1. The zero-order valence-electron chi connectivity index (χ0n) is 17.2. The second-order valence-electron chi connectivity index (χ2n) is 8.94. The molecular weight excluding hydrogens is 349 g/mol. The van der Waals surface area contributed by atoms with Gasteiger partial charge in [0.15, 0.2) is 14.1 Å². The van der Waals surface area contributed by atoms with Crippen LogP contribution >= 0.6 is 0 Å². The third-order valence-corrected chi connectivity index (χ3v) is 9.98. The molecule has 0 saturated carbocycles. The number of fused-ring (bicyclic) bond motifs is 1. The number of pyridine rings is 1. The fourth-order valence-corrected chi connectivity index (χ4v) is 4.41. The van der Waals surface area contributed by atoms with Gasteiger partial charge in [0.2, 0.25) is 0 Å². The number of halogens is 1. The van der Waals surface area contributed by atoms with Gasteiger partial charge in [-0.2, -0.15) is 5.10 Å². The highest BCUT2D eigenvalue weighted by molar-refractivity contribution is 6.74. The molecule has 2 aromatic heterocycles. The van der Waals surface area contributed by atoms with Crippen molar-refractivity contribution in [2.24, 2.45) is 0 Å². The third kappa shape index (κ3) is 4.20. The molecule has 2 aromatic rings. The molecule has 2 N–H and O–H groups in total. The van der Waals surface area contributed by atoms with Crippen molar-refractivity contribution in [1.82, 2.24) is 9.61 Å². The summed E-state index contributed by atoms with van der Waals surface area (Å²) < 4.78 is 28.4. The Balaban J connectivity index is 2.20. The van der Waals surface area contributed by atoms with Crippen LogP contribution in [0.1, 0.15) is 40.3 Å². The van der Waals surface area contributed by atoms with Gasteiger partial charge in [0, 0.05) is 6.42 Å². The molecule has 146 valence electrons. The molecule has 1 unspecified atom stereocenters. The summed E-state index contributed by atoms with van der Waals surface area (Å²) in [6.07, 6.45) is 0.727. The van der Waals surface area contributed by atoms with Crippen LogP contribution in [-0.2, 0) is 10.8 Å². The van der Waals surface area contributed by atoms with Gasteiger partial charge in [-0.1, -0.05) is 20.8 Å². The van der Waals surface area contributed by atoms with Crippen molar-refractivity contribution in [1.29, 1.82) is 0 Å². The van der Waals surface area contributed by atoms with Crippen LogP contribution in [0.15, 0.2) is 18.3 Å². The highest BCUT2D eigenvalue weighted by Crippen LogP contribution is 2.40. The fraction of sp³-hybridized carbons (Fsp3) is 0.632. The molecule has 5 nitrogen and oxygen atoms in total. The highest BCUT2D eigenvalue weighted by atomic mass is 28.4. The Morgan fingerprint density at radius 2 is 1.85 bits per heavy atom. The van der Waals surface area contributed by atoms with Crippen molar-refractivity contribution in [2.45, 2.75) is 70.9 Å². The Morgan fingerprint density at radius 1 is 1.23 bits per heavy atom. The van der Waals surface area contributed by atoms with Crippen molar-refractivity contribution in [3.05, 3.63) is 24.0 Å². The minimum absolute atomic E-state index is 0.0289. The molecule has 0 spiro atoms. The van der Waals surface area contributed by atoms with E-state index in [4.69, 9.17) is 14.9 Å². The Labute approximate surface area is 156 Å². The Kier molecular flexibility index (Phi) is 5.45. The molecule has 0 aromatic carbocycles. The third-order valence-electron chi connectivity index (χ3n) is 5.33. The number of rotatable bonds is 6. The zero-order valence-corrected chi connectivity index (χ0v) is 18.2. The Hall–Kier alpha value is -1.60. The molecular formula is C19H32FN3O2Si. The van der Waals surface area contributed by atoms with Gasteiger partial charge in [-0.3, -0.25) is 0 Å². The number of hydrogen-bond acceptors (Lipinski definition) is 4. The van der Waals surface area contributed by atoms with Crippen LogP contribution in [0.2, 0.25) is 18.1 Å². The summed E-state index contributed by atoms with van der Waals surface area (Å²) in [4.78, 5) is 0. The van der Waals surface area contributed by atoms with E-state index in [-0.39, 0.29) is 11.5 Å². The summed E-state index contributed by atoms with van der Waals surface area (Å²) >= 11 is 0. The number of nitrogens with zero attached hydrogens (tertiary/aromatic N) is 2. The minimum atomic E-state index is -2.07. The van der Waals surface area contributed by atoms with Crippen molar-refractivity contribution in [3.63, 3.8) is 0 Å². The molecule has 1 atom stereocenters. The standard InChI is InChI=1S/C19H32FN3O2Si/c1-18(2,3)26(7,8)25-19(4,5)17(20)10-13-9-14-11-15(21)16(24-6)12-23(14)22-13/h9,11-12,17H,10,21H2,1-8H3. The van der Waals surface area contributed by atoms with Gasteiger partial charge < -0.3 is 14.9 Å². The lowest BCUT2D eigenvalue weighted by Crippen LogP contribution is -2.51. The number of ether oxygens (including phenoxy) is 1. The van der Waals surface area contributed by atoms with Gasteiger partial charge in [-0.25, -0.2) is 8.91 Å². The van der Waals surface area contributed by atoms with E-state index in [0.29, 0.717) is 17.1 Å². The summed E-state index contributed by atoms with van der Waals surface area (Å²) in [7, 11) is -0.515. The van der Waals surface area contributed by atoms with Crippen molar-refractivity contribution < 1.29 is 13.6 Å². The van der Waals surface area contributed by atoms with Crippen LogP contribution in [0.4, 0.5) is 10.1 Å². The van der Waals surface area contributed by atoms with E-state index >= 15 is 4.39 Å². The monoisotopic (exact) mass is 381 g/mol.